The molecule has 0 bridgehead atoms. The lowest BCUT2D eigenvalue weighted by Gasteiger charge is -2.36. The highest BCUT2D eigenvalue weighted by molar-refractivity contribution is 6.30. The predicted octanol–water partition coefficient (Wildman–Crippen LogP) is 20.1. The van der Waals surface area contributed by atoms with Crippen LogP contribution >= 0.6 is 0 Å². The molecule has 0 amide bonds. The van der Waals surface area contributed by atoms with Crippen molar-refractivity contribution >= 4 is 110 Å². The largest absolute Gasteiger partial charge is 0.454 e. The lowest BCUT2D eigenvalue weighted by Crippen LogP contribution is -2.22. The lowest BCUT2D eigenvalue weighted by molar-refractivity contribution is 0.668. The molecule has 0 spiro atoms. The van der Waals surface area contributed by atoms with Crippen LogP contribution in [0.1, 0.15) is 49.8 Å². The highest BCUT2D eigenvalue weighted by Gasteiger charge is 2.32. The molecule has 4 nitrogen and oxygen atoms in total. The highest BCUT2D eigenvalue weighted by atomic mass is 16.3. The molecule has 2 aromatic heterocycles. The standard InChI is InChI=1S/C69H52N2O2/c1-42(2)49-39-47-31-35-56-62(70(60-37-43(3)29-33-50(60)45-17-7-5-8-18-45)58-25-15-23-54-52-21-11-13-27-64(52)72-68(54)58)41-63(57-36-32-48(40-49)66(47)67(56)57)71(61-38-44(4)30-34-51(61)46-19-9-6-10-20-46)59-26-16-24-55-53-22-12-14-28-65(53)73-69(55)59/h5-29,31-42,44H,30H2,1-4H3. The van der Waals surface area contributed by atoms with E-state index >= 15 is 0 Å². The Hall–Kier alpha value is -8.86. The van der Waals surface area contributed by atoms with Gasteiger partial charge in [0.25, 0.3) is 0 Å². The molecule has 1 aliphatic carbocycles. The van der Waals surface area contributed by atoms with Crippen molar-refractivity contribution in [3.63, 3.8) is 0 Å². The van der Waals surface area contributed by atoms with Crippen LogP contribution < -0.4 is 9.80 Å². The number of nitrogens with zero attached hydrogens (tertiary/aromatic N) is 2. The molecule has 1 unspecified atom stereocenters. The summed E-state index contributed by atoms with van der Waals surface area (Å²) < 4.78 is 14.1. The fraction of sp³-hybridized carbons (Fsp3) is 0.101. The van der Waals surface area contributed by atoms with Crippen molar-refractivity contribution in [1.82, 2.24) is 0 Å². The monoisotopic (exact) mass is 940 g/mol. The quantitative estimate of drug-likeness (QED) is 0.135. The summed E-state index contributed by atoms with van der Waals surface area (Å²) in [5, 5.41) is 11.6. The molecular weight excluding hydrogens is 889 g/mol. The molecule has 350 valence electrons. The van der Waals surface area contributed by atoms with Crippen LogP contribution in [0.4, 0.5) is 28.4 Å². The highest BCUT2D eigenvalue weighted by Crippen LogP contribution is 2.54. The molecule has 1 atom stereocenters. The number of fused-ring (bicyclic) bond motifs is 6. The normalized spacial score (nSPS) is 14.1. The number of anilines is 5. The number of allylic oxidation sites excluding steroid dienone is 3. The van der Waals surface area contributed by atoms with Gasteiger partial charge < -0.3 is 18.6 Å². The molecule has 0 radical (unpaired) electrons. The van der Waals surface area contributed by atoms with Crippen LogP contribution in [0.15, 0.2) is 233 Å². The van der Waals surface area contributed by atoms with Crippen molar-refractivity contribution in [2.75, 3.05) is 9.80 Å². The Bertz CT molecular complexity index is 4340. The smallest absolute Gasteiger partial charge is 0.159 e. The lowest BCUT2D eigenvalue weighted by atomic mass is 9.87. The minimum Gasteiger partial charge on any atom is -0.454 e. The van der Waals surface area contributed by atoms with Gasteiger partial charge in [0, 0.05) is 48.8 Å². The van der Waals surface area contributed by atoms with E-state index in [2.05, 4.69) is 256 Å². The van der Waals surface area contributed by atoms with E-state index in [1.165, 1.54) is 38.2 Å². The van der Waals surface area contributed by atoms with Gasteiger partial charge in [-0.25, -0.2) is 0 Å². The Kier molecular flexibility index (Phi) is 9.94. The van der Waals surface area contributed by atoms with Crippen LogP contribution in [0.3, 0.4) is 0 Å². The van der Waals surface area contributed by atoms with Gasteiger partial charge in [0.05, 0.1) is 34.1 Å². The first-order chi connectivity index (χ1) is 35.9. The molecule has 1 aliphatic rings. The first-order valence-electron chi connectivity index (χ1n) is 25.7. The van der Waals surface area contributed by atoms with E-state index < -0.39 is 0 Å². The second-order valence-corrected chi connectivity index (χ2v) is 20.3. The summed E-state index contributed by atoms with van der Waals surface area (Å²) >= 11 is 0. The zero-order valence-corrected chi connectivity index (χ0v) is 41.4. The molecule has 4 heteroatoms. The van der Waals surface area contributed by atoms with E-state index in [9.17, 15) is 0 Å². The van der Waals surface area contributed by atoms with Crippen LogP contribution in [0, 0.1) is 12.8 Å². The maximum atomic E-state index is 7.07. The van der Waals surface area contributed by atoms with Crippen molar-refractivity contribution < 1.29 is 8.83 Å². The van der Waals surface area contributed by atoms with Gasteiger partial charge >= 0.3 is 0 Å². The zero-order valence-electron chi connectivity index (χ0n) is 41.4. The number of benzene rings is 11. The number of hydrogen-bond donors (Lipinski definition) is 0. The fourth-order valence-corrected chi connectivity index (χ4v) is 11.8. The second-order valence-electron chi connectivity index (χ2n) is 20.3. The van der Waals surface area contributed by atoms with Crippen molar-refractivity contribution in [3.8, 4) is 11.1 Å². The van der Waals surface area contributed by atoms with Gasteiger partial charge in [0.15, 0.2) is 11.2 Å². The Morgan fingerprint density at radius 3 is 1.62 bits per heavy atom. The first-order valence-corrected chi connectivity index (χ1v) is 25.7. The number of aryl methyl sites for hydroxylation is 1. The minimum atomic E-state index is 0.275. The molecule has 0 aliphatic heterocycles. The third-order valence-corrected chi connectivity index (χ3v) is 15.3. The van der Waals surface area contributed by atoms with Crippen molar-refractivity contribution in [2.45, 2.75) is 40.0 Å². The van der Waals surface area contributed by atoms with Gasteiger partial charge in [-0.2, -0.15) is 0 Å². The van der Waals surface area contributed by atoms with Gasteiger partial charge in [0.2, 0.25) is 0 Å². The van der Waals surface area contributed by atoms with Crippen LogP contribution in [-0.4, -0.2) is 0 Å². The SMILES string of the molecule is Cc1ccc(-c2ccccc2)c(N(c2cc(N(C3=CC(C)CC=C3c3ccccc3)c3cccc4c3oc3ccccc34)c3ccc4cc(C(C)C)cc5ccc2c3c45)c2cccc3c2oc2ccccc23)c1. The summed E-state index contributed by atoms with van der Waals surface area (Å²) in [6.07, 6.45) is 5.86. The van der Waals surface area contributed by atoms with Crippen molar-refractivity contribution in [3.05, 3.63) is 241 Å². The average molecular weight is 941 g/mol. The van der Waals surface area contributed by atoms with Gasteiger partial charge in [-0.3, -0.25) is 0 Å². The maximum Gasteiger partial charge on any atom is 0.159 e. The Morgan fingerprint density at radius 1 is 0.452 bits per heavy atom. The van der Waals surface area contributed by atoms with Gasteiger partial charge in [-0.15, -0.1) is 0 Å². The molecule has 13 aromatic rings. The molecule has 2 heterocycles. The second kappa shape index (κ2) is 16.9. The summed E-state index contributed by atoms with van der Waals surface area (Å²) in [6.45, 7) is 9.11. The average Bonchev–Trinajstić information content (AvgIpc) is 4.01. The molecule has 0 saturated carbocycles. The van der Waals surface area contributed by atoms with E-state index in [4.69, 9.17) is 8.83 Å². The Balaban J connectivity index is 1.17. The third-order valence-electron chi connectivity index (χ3n) is 15.3. The summed E-state index contributed by atoms with van der Waals surface area (Å²) in [6, 6.07) is 75.4. The van der Waals surface area contributed by atoms with E-state index in [0.29, 0.717) is 5.92 Å². The van der Waals surface area contributed by atoms with E-state index in [-0.39, 0.29) is 5.92 Å². The van der Waals surface area contributed by atoms with E-state index in [1.54, 1.807) is 0 Å². The first kappa shape index (κ1) is 43.0. The topological polar surface area (TPSA) is 32.8 Å². The van der Waals surface area contributed by atoms with Crippen molar-refractivity contribution in [2.24, 2.45) is 5.92 Å². The number of para-hydroxylation sites is 4. The number of furan rings is 2. The molecule has 73 heavy (non-hydrogen) atoms. The molecule has 11 aromatic carbocycles. The molecule has 0 N–H and O–H groups in total. The minimum absolute atomic E-state index is 0.275. The maximum absolute atomic E-state index is 7.07. The molecule has 0 saturated heterocycles. The summed E-state index contributed by atoms with van der Waals surface area (Å²) in [5.41, 5.74) is 16.7. The summed E-state index contributed by atoms with van der Waals surface area (Å²) in [5.74, 6) is 0.644. The summed E-state index contributed by atoms with van der Waals surface area (Å²) in [7, 11) is 0. The Morgan fingerprint density at radius 2 is 1.00 bits per heavy atom. The summed E-state index contributed by atoms with van der Waals surface area (Å²) in [4.78, 5) is 5.03. The fourth-order valence-electron chi connectivity index (χ4n) is 11.8. The Labute approximate surface area is 424 Å². The molecule has 0 fully saturated rings. The predicted molar refractivity (Wildman–Crippen MR) is 309 cm³/mol. The zero-order chi connectivity index (χ0) is 48.9. The van der Waals surface area contributed by atoms with Crippen molar-refractivity contribution in [1.29, 1.82) is 0 Å². The van der Waals surface area contributed by atoms with Gasteiger partial charge in [0.1, 0.15) is 11.2 Å². The number of hydrogen-bond acceptors (Lipinski definition) is 4. The van der Waals surface area contributed by atoms with Crippen LogP contribution in [0.2, 0.25) is 0 Å². The third kappa shape index (κ3) is 6.89. The number of rotatable bonds is 9. The van der Waals surface area contributed by atoms with E-state index in [1.807, 2.05) is 0 Å². The molecule has 14 rings (SSSR count). The van der Waals surface area contributed by atoms with Crippen LogP contribution in [0.25, 0.3) is 92.9 Å². The van der Waals surface area contributed by atoms with Gasteiger partial charge in [-0.1, -0.05) is 203 Å². The van der Waals surface area contributed by atoms with E-state index in [0.717, 1.165) is 112 Å². The van der Waals surface area contributed by atoms with Crippen LogP contribution in [0.5, 0.6) is 0 Å². The molecular formula is C69H52N2O2. The van der Waals surface area contributed by atoms with Crippen LogP contribution in [-0.2, 0) is 0 Å². The van der Waals surface area contributed by atoms with Gasteiger partial charge in [-0.05, 0) is 100.0 Å².